The van der Waals surface area contributed by atoms with Crippen LogP contribution in [0.5, 0.6) is 23.0 Å². The van der Waals surface area contributed by atoms with Gasteiger partial charge in [0.05, 0.1) is 52.2 Å². The van der Waals surface area contributed by atoms with Gasteiger partial charge in [-0.05, 0) is 74.1 Å². The van der Waals surface area contributed by atoms with E-state index in [1.54, 1.807) is 48.9 Å². The Morgan fingerprint density at radius 1 is 0.698 bits per heavy atom. The second-order valence-electron chi connectivity index (χ2n) is 14.9. The summed E-state index contributed by atoms with van der Waals surface area (Å²) in [4.78, 5) is 23.6. The highest BCUT2D eigenvalue weighted by Gasteiger charge is 2.34. The molecule has 0 spiro atoms. The van der Waals surface area contributed by atoms with E-state index in [9.17, 15) is 22.8 Å². The van der Waals surface area contributed by atoms with Crippen LogP contribution in [0.3, 0.4) is 0 Å². The SMILES string of the molecule is C=CC(=O)Nc1cnn(C)c1-c1n[nH]c2c1CCC(c1c(F)c(OC)cc(OC)c1F)C2.C=CC(=O)Nc1cnn(C)c1-c1n[nH]c2c1CCC(c1cc(OC)cc(OC)c1F)C2. The van der Waals surface area contributed by atoms with Crippen molar-refractivity contribution in [2.75, 3.05) is 39.1 Å². The normalized spacial score (nSPS) is 15.3. The third kappa shape index (κ3) is 8.37. The number of hydrogen-bond acceptors (Lipinski definition) is 10. The zero-order valence-electron chi connectivity index (χ0n) is 35.6. The Labute approximate surface area is 360 Å². The summed E-state index contributed by atoms with van der Waals surface area (Å²) in [6, 6.07) is 4.48. The number of nitrogens with one attached hydrogen (secondary N) is 4. The second kappa shape index (κ2) is 18.3. The quantitative estimate of drug-likeness (QED) is 0.0946. The molecule has 2 amide bonds. The lowest BCUT2D eigenvalue weighted by Crippen LogP contribution is -2.16. The summed E-state index contributed by atoms with van der Waals surface area (Å²) in [7, 11) is 9.20. The zero-order chi connectivity index (χ0) is 45.1. The molecule has 4 heterocycles. The van der Waals surface area contributed by atoms with E-state index in [0.717, 1.165) is 34.6 Å². The van der Waals surface area contributed by atoms with E-state index >= 15 is 0 Å². The molecule has 2 aliphatic carbocycles. The number of aromatic amines is 2. The maximum atomic E-state index is 15.0. The van der Waals surface area contributed by atoms with Crippen LogP contribution < -0.4 is 29.6 Å². The summed E-state index contributed by atoms with van der Waals surface area (Å²) >= 11 is 0. The lowest BCUT2D eigenvalue weighted by Gasteiger charge is -2.25. The average molecular weight is 869 g/mol. The van der Waals surface area contributed by atoms with Crippen molar-refractivity contribution >= 4 is 23.2 Å². The van der Waals surface area contributed by atoms with Crippen LogP contribution in [0.25, 0.3) is 22.8 Å². The fourth-order valence-electron chi connectivity index (χ4n) is 8.32. The summed E-state index contributed by atoms with van der Waals surface area (Å²) < 4.78 is 68.9. The van der Waals surface area contributed by atoms with Crippen LogP contribution in [0.1, 0.15) is 58.3 Å². The lowest BCUT2D eigenvalue weighted by molar-refractivity contribution is -0.112. The average Bonchev–Trinajstić information content (AvgIpc) is 4.08. The highest BCUT2D eigenvalue weighted by Crippen LogP contribution is 2.44. The number of H-pyrrole nitrogens is 2. The fraction of sp³-hybridized carbons (Fsp3) is 0.318. The number of halogens is 3. The molecular weight excluding hydrogens is 822 g/mol. The monoisotopic (exact) mass is 868 g/mol. The van der Waals surface area contributed by atoms with Crippen LogP contribution in [0, 0.1) is 17.5 Å². The Morgan fingerprint density at radius 3 is 1.62 bits per heavy atom. The minimum Gasteiger partial charge on any atom is -0.497 e. The third-order valence-electron chi connectivity index (χ3n) is 11.5. The molecule has 2 unspecified atom stereocenters. The van der Waals surface area contributed by atoms with Crippen LogP contribution in [-0.2, 0) is 49.4 Å². The molecule has 0 bridgehead atoms. The molecule has 2 atom stereocenters. The van der Waals surface area contributed by atoms with Gasteiger partial charge in [-0.3, -0.25) is 29.2 Å². The molecule has 16 nitrogen and oxygen atoms in total. The number of hydrogen-bond donors (Lipinski definition) is 4. The first-order chi connectivity index (χ1) is 30.3. The molecule has 2 aromatic carbocycles. The van der Waals surface area contributed by atoms with Crippen molar-refractivity contribution < 1.29 is 41.7 Å². The van der Waals surface area contributed by atoms with Crippen molar-refractivity contribution in [3.63, 3.8) is 0 Å². The molecule has 0 fully saturated rings. The van der Waals surface area contributed by atoms with E-state index in [0.29, 0.717) is 71.9 Å². The Morgan fingerprint density at radius 2 is 1.16 bits per heavy atom. The second-order valence-corrected chi connectivity index (χ2v) is 14.9. The summed E-state index contributed by atoms with van der Waals surface area (Å²) in [5.74, 6) is -2.36. The van der Waals surface area contributed by atoms with Crippen LogP contribution in [-0.4, -0.2) is 80.2 Å². The van der Waals surface area contributed by atoms with Crippen LogP contribution in [0.2, 0.25) is 0 Å². The van der Waals surface area contributed by atoms with Gasteiger partial charge in [-0.15, -0.1) is 0 Å². The number of ether oxygens (including phenoxy) is 4. The molecule has 6 aromatic rings. The molecule has 0 saturated carbocycles. The van der Waals surface area contributed by atoms with Gasteiger partial charge in [0, 0.05) is 54.3 Å². The number of benzene rings is 2. The van der Waals surface area contributed by atoms with Crippen molar-refractivity contribution in [3.8, 4) is 45.8 Å². The highest BCUT2D eigenvalue weighted by molar-refractivity contribution is 6.02. The van der Waals surface area contributed by atoms with E-state index in [4.69, 9.17) is 18.9 Å². The molecule has 0 saturated heterocycles. The largest absolute Gasteiger partial charge is 0.497 e. The Balaban J connectivity index is 0.000000189. The molecule has 19 heteroatoms. The number of aromatic nitrogens is 8. The van der Waals surface area contributed by atoms with Crippen LogP contribution in [0.15, 0.2) is 55.9 Å². The van der Waals surface area contributed by atoms with Gasteiger partial charge in [-0.1, -0.05) is 13.2 Å². The van der Waals surface area contributed by atoms with Gasteiger partial charge in [0.2, 0.25) is 11.8 Å². The smallest absolute Gasteiger partial charge is 0.247 e. The summed E-state index contributed by atoms with van der Waals surface area (Å²) in [5, 5.41) is 29.0. The van der Waals surface area contributed by atoms with Crippen molar-refractivity contribution in [3.05, 3.63) is 107 Å². The van der Waals surface area contributed by atoms with Gasteiger partial charge >= 0.3 is 0 Å². The van der Waals surface area contributed by atoms with Gasteiger partial charge in [0.25, 0.3) is 0 Å². The maximum absolute atomic E-state index is 15.0. The lowest BCUT2D eigenvalue weighted by atomic mass is 9.81. The number of carbonyl (C=O) groups is 2. The molecule has 63 heavy (non-hydrogen) atoms. The van der Waals surface area contributed by atoms with E-state index in [1.165, 1.54) is 45.7 Å². The van der Waals surface area contributed by atoms with E-state index in [2.05, 4.69) is 54.4 Å². The number of carbonyl (C=O) groups excluding carboxylic acids is 2. The van der Waals surface area contributed by atoms with Crippen LogP contribution >= 0.6 is 0 Å². The number of anilines is 2. The van der Waals surface area contributed by atoms with Gasteiger partial charge in [0.1, 0.15) is 28.5 Å². The van der Waals surface area contributed by atoms with Crippen molar-refractivity contribution in [1.29, 1.82) is 0 Å². The maximum Gasteiger partial charge on any atom is 0.247 e. The predicted molar refractivity (Wildman–Crippen MR) is 228 cm³/mol. The van der Waals surface area contributed by atoms with Crippen molar-refractivity contribution in [2.45, 2.75) is 50.4 Å². The van der Waals surface area contributed by atoms with E-state index < -0.39 is 17.6 Å². The van der Waals surface area contributed by atoms with Gasteiger partial charge in [0.15, 0.2) is 34.7 Å². The molecule has 0 aliphatic heterocycles. The molecule has 4 aromatic heterocycles. The summed E-state index contributed by atoms with van der Waals surface area (Å²) in [5.41, 5.74) is 7.98. The Hall–Kier alpha value is -7.31. The minimum absolute atomic E-state index is 0.0451. The highest BCUT2D eigenvalue weighted by atomic mass is 19.1. The minimum atomic E-state index is -0.722. The first kappa shape index (κ1) is 43.8. The first-order valence-corrected chi connectivity index (χ1v) is 19.9. The zero-order valence-corrected chi connectivity index (χ0v) is 35.6. The molecule has 0 radical (unpaired) electrons. The first-order valence-electron chi connectivity index (χ1n) is 19.9. The topological polar surface area (TPSA) is 188 Å². The molecule has 330 valence electrons. The summed E-state index contributed by atoms with van der Waals surface area (Å²) in [6.07, 6.45) is 8.92. The molecule has 8 rings (SSSR count). The van der Waals surface area contributed by atoms with E-state index in [1.807, 2.05) is 0 Å². The number of nitrogens with zero attached hydrogens (tertiary/aromatic N) is 6. The number of fused-ring (bicyclic) bond motifs is 2. The van der Waals surface area contributed by atoms with Crippen LogP contribution in [0.4, 0.5) is 24.5 Å². The van der Waals surface area contributed by atoms with Gasteiger partial charge in [-0.2, -0.15) is 20.4 Å². The van der Waals surface area contributed by atoms with Crippen molar-refractivity contribution in [1.82, 2.24) is 40.0 Å². The standard InChI is InChI=1S/C22H23F2N5O3.C22H24FN5O3/c1-5-17(30)26-14-10-25-29(2)22(14)21-12-7-6-11(8-13(12)27-28-21)18-19(23)15(31-3)9-16(32-4)20(18)24;1-5-19(29)25-17-11-24-28(2)22(17)21-14-7-6-12(8-16(14)26-27-21)15-9-13(30-3)10-18(31-4)20(15)23/h5,9-11H,1,6-8H2,2-4H3,(H,26,30)(H,27,28);5,9-12H,1,6-8H2,2-4H3,(H,25,29)(H,26,27). The fourth-order valence-corrected chi connectivity index (χ4v) is 8.32. The molecular formula is C44H47F3N10O6. The number of amides is 2. The van der Waals surface area contributed by atoms with Gasteiger partial charge < -0.3 is 29.6 Å². The molecule has 2 aliphatic rings. The number of aryl methyl sites for hydroxylation is 2. The number of methoxy groups -OCH3 is 4. The van der Waals surface area contributed by atoms with Gasteiger partial charge in [-0.25, -0.2) is 13.2 Å². The van der Waals surface area contributed by atoms with Crippen molar-refractivity contribution in [2.24, 2.45) is 14.1 Å². The number of rotatable bonds is 12. The Kier molecular flexibility index (Phi) is 12.7. The summed E-state index contributed by atoms with van der Waals surface area (Å²) in [6.45, 7) is 6.95. The van der Waals surface area contributed by atoms with E-state index in [-0.39, 0.29) is 46.4 Å². The third-order valence-corrected chi connectivity index (χ3v) is 11.5. The predicted octanol–water partition coefficient (Wildman–Crippen LogP) is 6.87. The Bertz CT molecular complexity index is 2690. The molecule has 4 N–H and O–H groups in total.